The highest BCUT2D eigenvalue weighted by atomic mass is 32.1. The molecule has 3 heterocycles. The Morgan fingerprint density at radius 3 is 2.50 bits per heavy atom. The molecular formula is C20H14F3N7OS. The van der Waals surface area contributed by atoms with Gasteiger partial charge in [-0.3, -0.25) is 0 Å². The maximum absolute atomic E-state index is 13.5. The summed E-state index contributed by atoms with van der Waals surface area (Å²) >= 11 is 1.25. The number of alkyl halides is 3. The van der Waals surface area contributed by atoms with E-state index < -0.39 is 18.0 Å². The van der Waals surface area contributed by atoms with Gasteiger partial charge in [-0.05, 0) is 24.3 Å². The average Bonchev–Trinajstić information content (AvgIpc) is 3.49. The molecule has 0 atom stereocenters. The fraction of sp³-hybridized carbons (Fsp3) is 0.150. The van der Waals surface area contributed by atoms with Gasteiger partial charge in [0.2, 0.25) is 5.82 Å². The van der Waals surface area contributed by atoms with Gasteiger partial charge in [0.15, 0.2) is 0 Å². The molecular weight excluding hydrogens is 443 g/mol. The summed E-state index contributed by atoms with van der Waals surface area (Å²) in [6, 6.07) is 13.0. The van der Waals surface area contributed by atoms with Gasteiger partial charge in [0.1, 0.15) is 10.5 Å². The first-order valence-electron chi connectivity index (χ1n) is 9.44. The molecule has 0 unspecified atom stereocenters. The molecule has 0 saturated carbocycles. The average molecular weight is 457 g/mol. The van der Waals surface area contributed by atoms with Gasteiger partial charge in [-0.1, -0.05) is 29.5 Å². The van der Waals surface area contributed by atoms with Crippen molar-refractivity contribution in [1.29, 1.82) is 0 Å². The van der Waals surface area contributed by atoms with Gasteiger partial charge in [0.05, 0.1) is 35.3 Å². The number of carbonyl (C=O) groups excluding carboxylic acids is 1. The van der Waals surface area contributed by atoms with Crippen LogP contribution in [0.15, 0.2) is 53.9 Å². The minimum Gasteiger partial charge on any atom is -0.330 e. The molecule has 12 heteroatoms. The zero-order valence-corrected chi connectivity index (χ0v) is 17.1. The van der Waals surface area contributed by atoms with Crippen LogP contribution in [0.3, 0.4) is 0 Å². The molecule has 0 radical (unpaired) electrons. The van der Waals surface area contributed by atoms with Crippen molar-refractivity contribution in [2.24, 2.45) is 0 Å². The van der Waals surface area contributed by atoms with Crippen molar-refractivity contribution in [3.8, 4) is 0 Å². The van der Waals surface area contributed by atoms with Crippen molar-refractivity contribution in [3.63, 3.8) is 0 Å². The Morgan fingerprint density at radius 1 is 1.00 bits per heavy atom. The summed E-state index contributed by atoms with van der Waals surface area (Å²) < 4.78 is 42.7. The quantitative estimate of drug-likeness (QED) is 0.440. The Labute approximate surface area is 182 Å². The van der Waals surface area contributed by atoms with E-state index >= 15 is 0 Å². The number of para-hydroxylation sites is 3. The number of imidazole rings is 1. The van der Waals surface area contributed by atoms with Crippen LogP contribution in [0.2, 0.25) is 0 Å². The molecule has 1 amide bonds. The number of aromatic nitrogens is 6. The van der Waals surface area contributed by atoms with Gasteiger partial charge in [-0.15, -0.1) is 16.4 Å². The number of benzene rings is 2. The molecule has 0 aliphatic carbocycles. The molecule has 162 valence electrons. The number of rotatable bonds is 4. The Balaban J connectivity index is 1.33. The van der Waals surface area contributed by atoms with Crippen LogP contribution in [0.4, 0.5) is 18.0 Å². The molecule has 0 spiro atoms. The van der Waals surface area contributed by atoms with Crippen LogP contribution in [-0.2, 0) is 19.3 Å². The molecule has 0 bridgehead atoms. The van der Waals surface area contributed by atoms with Crippen LogP contribution in [0, 0.1) is 0 Å². The number of halogens is 3. The number of fused-ring (bicyclic) bond motifs is 2. The predicted molar refractivity (Wildman–Crippen MR) is 111 cm³/mol. The molecule has 0 saturated heterocycles. The van der Waals surface area contributed by atoms with Crippen molar-refractivity contribution in [1.82, 2.24) is 34.8 Å². The molecule has 1 N–H and O–H groups in total. The Bertz CT molecular complexity index is 1440. The van der Waals surface area contributed by atoms with Crippen LogP contribution in [0.1, 0.15) is 16.5 Å². The van der Waals surface area contributed by atoms with Gasteiger partial charge in [-0.25, -0.2) is 14.8 Å². The van der Waals surface area contributed by atoms with Gasteiger partial charge < -0.3 is 9.88 Å². The first-order chi connectivity index (χ1) is 15.4. The summed E-state index contributed by atoms with van der Waals surface area (Å²) in [6.07, 6.45) is -4.59. The summed E-state index contributed by atoms with van der Waals surface area (Å²) in [7, 11) is 0. The van der Waals surface area contributed by atoms with E-state index in [4.69, 9.17) is 0 Å². The Morgan fingerprint density at radius 2 is 1.72 bits per heavy atom. The number of nitrogens with one attached hydrogen (secondary N) is 1. The molecule has 5 aromatic rings. The minimum absolute atomic E-state index is 0.0898. The number of hydrogen-bond donors (Lipinski definition) is 1. The van der Waals surface area contributed by atoms with E-state index in [0.717, 1.165) is 9.25 Å². The van der Waals surface area contributed by atoms with Crippen molar-refractivity contribution in [3.05, 3.63) is 70.4 Å². The smallest absolute Gasteiger partial charge is 0.330 e. The maximum atomic E-state index is 13.5. The number of thiazole rings is 1. The predicted octanol–water partition coefficient (Wildman–Crippen LogP) is 4.06. The highest BCUT2D eigenvalue weighted by molar-refractivity contribution is 7.09. The van der Waals surface area contributed by atoms with Crippen LogP contribution >= 0.6 is 11.3 Å². The van der Waals surface area contributed by atoms with E-state index in [-0.39, 0.29) is 18.6 Å². The lowest BCUT2D eigenvalue weighted by atomic mass is 10.3. The number of nitrogens with zero attached hydrogens (tertiary/aromatic N) is 6. The van der Waals surface area contributed by atoms with Crippen molar-refractivity contribution in [2.45, 2.75) is 19.3 Å². The first-order valence-corrected chi connectivity index (χ1v) is 10.3. The Kier molecular flexibility index (Phi) is 4.85. The number of amides is 1. The first kappa shape index (κ1) is 20.1. The molecule has 8 nitrogen and oxygen atoms in total. The molecule has 0 fully saturated rings. The second-order valence-corrected chi connectivity index (χ2v) is 7.83. The fourth-order valence-electron chi connectivity index (χ4n) is 3.36. The van der Waals surface area contributed by atoms with Crippen molar-refractivity contribution >= 4 is 39.4 Å². The molecule has 5 rings (SSSR count). The lowest BCUT2D eigenvalue weighted by Crippen LogP contribution is -2.28. The highest BCUT2D eigenvalue weighted by Gasteiger charge is 2.37. The summed E-state index contributed by atoms with van der Waals surface area (Å²) in [5, 5.41) is 12.7. The van der Waals surface area contributed by atoms with E-state index in [1.54, 1.807) is 47.8 Å². The normalized spacial score (nSPS) is 12.0. The van der Waals surface area contributed by atoms with Crippen molar-refractivity contribution in [2.75, 3.05) is 0 Å². The molecule has 0 aliphatic rings. The van der Waals surface area contributed by atoms with E-state index in [1.807, 2.05) is 0 Å². The fourth-order valence-corrected chi connectivity index (χ4v) is 4.09. The molecule has 2 aromatic carbocycles. The summed E-state index contributed by atoms with van der Waals surface area (Å²) in [6.45, 7) is 0.0159. The van der Waals surface area contributed by atoms with E-state index in [2.05, 4.69) is 25.6 Å². The molecule has 32 heavy (non-hydrogen) atoms. The summed E-state index contributed by atoms with van der Waals surface area (Å²) in [5.74, 6) is -0.973. The topological polar surface area (TPSA) is 90.5 Å². The largest absolute Gasteiger partial charge is 0.449 e. The second kappa shape index (κ2) is 7.71. The SMILES string of the molecule is O=C(NCc1nc(Cn2c(C(F)(F)F)nc3ccccc32)cs1)n1nnc2ccccc21. The van der Waals surface area contributed by atoms with Crippen LogP contribution in [0.5, 0.6) is 0 Å². The number of hydrogen-bond acceptors (Lipinski definition) is 6. The third-order valence-electron chi connectivity index (χ3n) is 4.76. The molecule has 0 aliphatic heterocycles. The highest BCUT2D eigenvalue weighted by Crippen LogP contribution is 2.32. The Hall–Kier alpha value is -3.80. The van der Waals surface area contributed by atoms with E-state index in [9.17, 15) is 18.0 Å². The third kappa shape index (κ3) is 3.68. The van der Waals surface area contributed by atoms with Crippen LogP contribution in [-0.4, -0.2) is 35.6 Å². The van der Waals surface area contributed by atoms with Crippen LogP contribution < -0.4 is 5.32 Å². The zero-order chi connectivity index (χ0) is 22.3. The van der Waals surface area contributed by atoms with E-state index in [1.165, 1.54) is 17.4 Å². The van der Waals surface area contributed by atoms with Gasteiger partial charge in [0.25, 0.3) is 0 Å². The third-order valence-corrected chi connectivity index (χ3v) is 5.66. The van der Waals surface area contributed by atoms with Gasteiger partial charge in [0, 0.05) is 5.38 Å². The number of carbonyl (C=O) groups is 1. The van der Waals surface area contributed by atoms with E-state index in [0.29, 0.717) is 27.3 Å². The lowest BCUT2D eigenvalue weighted by molar-refractivity contribution is -0.146. The standard InChI is InChI=1S/C20H14F3N7OS/c21-20(22,23)18-26-13-5-1-3-7-15(13)29(18)10-12-11-32-17(25-12)9-24-19(31)30-16-8-4-2-6-14(16)27-28-30/h1-8,11H,9-10H2,(H,24,31). The summed E-state index contributed by atoms with van der Waals surface area (Å²) in [5.41, 5.74) is 2.24. The lowest BCUT2D eigenvalue weighted by Gasteiger charge is -2.10. The zero-order valence-electron chi connectivity index (χ0n) is 16.2. The maximum Gasteiger partial charge on any atom is 0.449 e. The van der Waals surface area contributed by atoms with Gasteiger partial charge >= 0.3 is 12.2 Å². The molecule has 3 aromatic heterocycles. The van der Waals surface area contributed by atoms with Crippen molar-refractivity contribution < 1.29 is 18.0 Å². The van der Waals surface area contributed by atoms with Gasteiger partial charge in [-0.2, -0.15) is 17.9 Å². The summed E-state index contributed by atoms with van der Waals surface area (Å²) in [4.78, 5) is 20.6. The minimum atomic E-state index is -4.59. The monoisotopic (exact) mass is 457 g/mol. The van der Waals surface area contributed by atoms with Crippen LogP contribution in [0.25, 0.3) is 22.1 Å². The second-order valence-electron chi connectivity index (χ2n) is 6.89.